The molecule has 3 rings (SSSR count). The zero-order chi connectivity index (χ0) is 17.1. The van der Waals surface area contributed by atoms with E-state index in [4.69, 9.17) is 0 Å². The van der Waals surface area contributed by atoms with Crippen molar-refractivity contribution in [3.8, 4) is 0 Å². The maximum Gasteiger partial charge on any atom is 0.254 e. The molecule has 0 saturated heterocycles. The zero-order valence-electron chi connectivity index (χ0n) is 14.0. The summed E-state index contributed by atoms with van der Waals surface area (Å²) in [5.74, 6) is 0.0737. The molecule has 0 aromatic heterocycles. The molecular weight excluding hydrogens is 300 g/mol. The second-order valence-corrected chi connectivity index (χ2v) is 6.58. The first kappa shape index (κ1) is 16.2. The van der Waals surface area contributed by atoms with E-state index < -0.39 is 6.04 Å². The number of anilines is 1. The molecule has 4 heteroatoms. The second-order valence-electron chi connectivity index (χ2n) is 6.58. The maximum absolute atomic E-state index is 13.1. The third-order valence-electron chi connectivity index (χ3n) is 4.14. The number of hydrogen-bond donors (Lipinski definition) is 1. The van der Waals surface area contributed by atoms with Crippen LogP contribution in [0.15, 0.2) is 54.6 Å². The molecule has 0 fully saturated rings. The first-order chi connectivity index (χ1) is 11.6. The van der Waals surface area contributed by atoms with Crippen LogP contribution in [0, 0.1) is 5.92 Å². The van der Waals surface area contributed by atoms with Gasteiger partial charge in [0.1, 0.15) is 6.04 Å². The summed E-state index contributed by atoms with van der Waals surface area (Å²) in [4.78, 5) is 27.5. The van der Waals surface area contributed by atoms with Crippen molar-refractivity contribution in [2.45, 2.75) is 26.3 Å². The van der Waals surface area contributed by atoms with Crippen molar-refractivity contribution in [1.82, 2.24) is 5.32 Å². The molecule has 0 aliphatic carbocycles. The van der Waals surface area contributed by atoms with Crippen molar-refractivity contribution < 1.29 is 9.59 Å². The number of rotatable bonds is 4. The monoisotopic (exact) mass is 322 g/mol. The van der Waals surface area contributed by atoms with Gasteiger partial charge in [-0.15, -0.1) is 0 Å². The quantitative estimate of drug-likeness (QED) is 0.940. The predicted octanol–water partition coefficient (Wildman–Crippen LogP) is 3.03. The van der Waals surface area contributed by atoms with E-state index in [2.05, 4.69) is 19.2 Å². The second kappa shape index (κ2) is 6.87. The van der Waals surface area contributed by atoms with Gasteiger partial charge in [0.05, 0.1) is 11.3 Å². The zero-order valence-corrected chi connectivity index (χ0v) is 14.0. The van der Waals surface area contributed by atoms with E-state index >= 15 is 0 Å². The number of benzene rings is 2. The topological polar surface area (TPSA) is 49.4 Å². The van der Waals surface area contributed by atoms with Gasteiger partial charge >= 0.3 is 0 Å². The summed E-state index contributed by atoms with van der Waals surface area (Å²) in [6.45, 7) is 4.74. The lowest BCUT2D eigenvalue weighted by atomic mass is 10.0. The molecule has 2 amide bonds. The highest BCUT2D eigenvalue weighted by molar-refractivity contribution is 6.11. The van der Waals surface area contributed by atoms with Gasteiger partial charge in [-0.25, -0.2) is 0 Å². The minimum absolute atomic E-state index is 0.0501. The SMILES string of the molecule is CC(C)CN1C(=O)[C@H](Cc2ccccc2)NC(=O)c2ccccc21. The Labute approximate surface area is 142 Å². The van der Waals surface area contributed by atoms with Crippen LogP contribution < -0.4 is 10.2 Å². The van der Waals surface area contributed by atoms with Gasteiger partial charge < -0.3 is 10.2 Å². The van der Waals surface area contributed by atoms with Crippen molar-refractivity contribution in [3.05, 3.63) is 65.7 Å². The van der Waals surface area contributed by atoms with E-state index in [-0.39, 0.29) is 11.8 Å². The Morgan fingerprint density at radius 1 is 1.00 bits per heavy atom. The van der Waals surface area contributed by atoms with Crippen molar-refractivity contribution in [2.75, 3.05) is 11.4 Å². The molecule has 1 aliphatic rings. The summed E-state index contributed by atoms with van der Waals surface area (Å²) in [5.41, 5.74) is 2.29. The summed E-state index contributed by atoms with van der Waals surface area (Å²) in [6, 6.07) is 16.5. The molecule has 1 atom stereocenters. The van der Waals surface area contributed by atoms with Crippen LogP contribution in [0.5, 0.6) is 0 Å². The Morgan fingerprint density at radius 3 is 2.38 bits per heavy atom. The molecular formula is C20H22N2O2. The van der Waals surface area contributed by atoms with Crippen molar-refractivity contribution >= 4 is 17.5 Å². The smallest absolute Gasteiger partial charge is 0.254 e. The van der Waals surface area contributed by atoms with Crippen LogP contribution in [0.4, 0.5) is 5.69 Å². The molecule has 1 aliphatic heterocycles. The molecule has 2 aromatic carbocycles. The van der Waals surface area contributed by atoms with Crippen molar-refractivity contribution in [1.29, 1.82) is 0 Å². The number of carbonyl (C=O) groups is 2. The lowest BCUT2D eigenvalue weighted by Crippen LogP contribution is -2.48. The predicted molar refractivity (Wildman–Crippen MR) is 95.0 cm³/mol. The Balaban J connectivity index is 1.97. The average molecular weight is 322 g/mol. The fourth-order valence-corrected chi connectivity index (χ4v) is 3.05. The van der Waals surface area contributed by atoms with Gasteiger partial charge in [0, 0.05) is 13.0 Å². The Hall–Kier alpha value is -2.62. The van der Waals surface area contributed by atoms with Gasteiger partial charge in [0.25, 0.3) is 5.91 Å². The highest BCUT2D eigenvalue weighted by atomic mass is 16.2. The molecule has 0 spiro atoms. The van der Waals surface area contributed by atoms with Crippen LogP contribution in [0.2, 0.25) is 0 Å². The first-order valence-electron chi connectivity index (χ1n) is 8.31. The lowest BCUT2D eigenvalue weighted by molar-refractivity contribution is -0.120. The lowest BCUT2D eigenvalue weighted by Gasteiger charge is -2.27. The third kappa shape index (κ3) is 3.32. The van der Waals surface area contributed by atoms with Crippen LogP contribution in [0.3, 0.4) is 0 Å². The van der Waals surface area contributed by atoms with Gasteiger partial charge in [0.15, 0.2) is 0 Å². The van der Waals surface area contributed by atoms with Crippen LogP contribution in [0.1, 0.15) is 29.8 Å². The fourth-order valence-electron chi connectivity index (χ4n) is 3.05. The van der Waals surface area contributed by atoms with E-state index in [1.54, 1.807) is 11.0 Å². The number of hydrogen-bond acceptors (Lipinski definition) is 2. The molecule has 124 valence electrons. The summed E-state index contributed by atoms with van der Waals surface area (Å²) in [6.07, 6.45) is 0.494. The molecule has 4 nitrogen and oxygen atoms in total. The van der Waals surface area contributed by atoms with Crippen LogP contribution in [0.25, 0.3) is 0 Å². The van der Waals surface area contributed by atoms with Crippen LogP contribution in [-0.2, 0) is 11.2 Å². The summed E-state index contributed by atoms with van der Waals surface area (Å²) >= 11 is 0. The van der Waals surface area contributed by atoms with E-state index in [1.807, 2.05) is 48.5 Å². The minimum Gasteiger partial charge on any atom is -0.340 e. The number of nitrogens with zero attached hydrogens (tertiary/aromatic N) is 1. The van der Waals surface area contributed by atoms with Gasteiger partial charge in [0.2, 0.25) is 5.91 Å². The van der Waals surface area contributed by atoms with Crippen molar-refractivity contribution in [3.63, 3.8) is 0 Å². The van der Waals surface area contributed by atoms with E-state index in [9.17, 15) is 9.59 Å². The summed E-state index contributed by atoms with van der Waals surface area (Å²) in [7, 11) is 0. The maximum atomic E-state index is 13.1. The average Bonchev–Trinajstić information content (AvgIpc) is 2.67. The van der Waals surface area contributed by atoms with Gasteiger partial charge in [-0.05, 0) is 23.6 Å². The number of nitrogens with one attached hydrogen (secondary N) is 1. The number of para-hydroxylation sites is 1. The molecule has 2 aromatic rings. The largest absolute Gasteiger partial charge is 0.340 e. The molecule has 0 unspecified atom stereocenters. The molecule has 0 bridgehead atoms. The standard InChI is InChI=1S/C20H22N2O2/c1-14(2)13-22-18-11-7-6-10-16(18)19(23)21-17(20(22)24)12-15-8-4-3-5-9-15/h3-11,14,17H,12-13H2,1-2H3,(H,21,23)/t17-/m0/s1. The number of fused-ring (bicyclic) bond motifs is 1. The highest BCUT2D eigenvalue weighted by Crippen LogP contribution is 2.26. The van der Waals surface area contributed by atoms with Gasteiger partial charge in [-0.1, -0.05) is 56.3 Å². The molecule has 0 radical (unpaired) electrons. The van der Waals surface area contributed by atoms with E-state index in [0.29, 0.717) is 30.1 Å². The van der Waals surface area contributed by atoms with E-state index in [1.165, 1.54) is 0 Å². The number of amides is 2. The molecule has 0 saturated carbocycles. The highest BCUT2D eigenvalue weighted by Gasteiger charge is 2.33. The van der Waals surface area contributed by atoms with Crippen LogP contribution >= 0.6 is 0 Å². The fraction of sp³-hybridized carbons (Fsp3) is 0.300. The molecule has 1 N–H and O–H groups in total. The Morgan fingerprint density at radius 2 is 1.67 bits per heavy atom. The minimum atomic E-state index is -0.550. The molecule has 24 heavy (non-hydrogen) atoms. The van der Waals surface area contributed by atoms with E-state index in [0.717, 1.165) is 5.56 Å². The molecule has 1 heterocycles. The summed E-state index contributed by atoms with van der Waals surface area (Å²) < 4.78 is 0. The van der Waals surface area contributed by atoms with Gasteiger partial charge in [-0.3, -0.25) is 9.59 Å². The van der Waals surface area contributed by atoms with Crippen molar-refractivity contribution in [2.24, 2.45) is 5.92 Å². The first-order valence-corrected chi connectivity index (χ1v) is 8.31. The Bertz CT molecular complexity index is 740. The van der Waals surface area contributed by atoms with Crippen LogP contribution in [-0.4, -0.2) is 24.4 Å². The Kier molecular flexibility index (Phi) is 4.65. The number of carbonyl (C=O) groups excluding carboxylic acids is 2. The normalized spacial score (nSPS) is 17.5. The summed E-state index contributed by atoms with van der Waals surface area (Å²) in [5, 5.41) is 2.91. The van der Waals surface area contributed by atoms with Gasteiger partial charge in [-0.2, -0.15) is 0 Å². The third-order valence-corrected chi connectivity index (χ3v) is 4.14.